The molecule has 1 aliphatic carbocycles. The molecule has 0 atom stereocenters. The van der Waals surface area contributed by atoms with Gasteiger partial charge in [-0.05, 0) is 59.8 Å². The Kier molecular flexibility index (Phi) is 2.12. The summed E-state index contributed by atoms with van der Waals surface area (Å²) in [5.41, 5.74) is 2.00. The summed E-state index contributed by atoms with van der Waals surface area (Å²) in [7, 11) is 0. The second-order valence-corrected chi connectivity index (χ2v) is 4.85. The molecule has 0 aliphatic heterocycles. The first-order chi connectivity index (χ1) is 6.46. The molecular weight excluding hydrogens is 244 g/mol. The van der Waals surface area contributed by atoms with E-state index in [1.54, 1.807) is 0 Å². The van der Waals surface area contributed by atoms with Crippen molar-refractivity contribution in [2.24, 2.45) is 0 Å². The van der Waals surface area contributed by atoms with Gasteiger partial charge in [-0.2, -0.15) is 0 Å². The van der Waals surface area contributed by atoms with E-state index in [1.807, 2.05) is 19.9 Å². The molecule has 2 rings (SSSR count). The molecule has 0 amide bonds. The lowest BCUT2D eigenvalue weighted by Gasteiger charge is -2.15. The molecule has 0 aromatic heterocycles. The van der Waals surface area contributed by atoms with Crippen LogP contribution in [0.4, 0.5) is 0 Å². The minimum absolute atomic E-state index is 0.188. The molecule has 1 aromatic rings. The van der Waals surface area contributed by atoms with E-state index in [0.717, 1.165) is 24.0 Å². The molecule has 2 N–H and O–H groups in total. The summed E-state index contributed by atoms with van der Waals surface area (Å²) in [6, 6.07) is 1.88. The molecule has 2 nitrogen and oxygen atoms in total. The maximum Gasteiger partial charge on any atom is 0.136 e. The third-order valence-corrected chi connectivity index (χ3v) is 3.94. The number of aliphatic hydroxyl groups is 1. The number of aryl methyl sites for hydroxylation is 1. The fourth-order valence-electron chi connectivity index (χ4n) is 1.60. The summed E-state index contributed by atoms with van der Waals surface area (Å²) in [5.74, 6) is 0.188. The van der Waals surface area contributed by atoms with Gasteiger partial charge in [0, 0.05) is 5.56 Å². The van der Waals surface area contributed by atoms with Gasteiger partial charge in [-0.15, -0.1) is 0 Å². The van der Waals surface area contributed by atoms with E-state index in [-0.39, 0.29) is 5.75 Å². The monoisotopic (exact) mass is 256 g/mol. The van der Waals surface area contributed by atoms with Gasteiger partial charge >= 0.3 is 0 Å². The van der Waals surface area contributed by atoms with Crippen LogP contribution in [-0.2, 0) is 5.60 Å². The Morgan fingerprint density at radius 1 is 1.36 bits per heavy atom. The zero-order valence-corrected chi connectivity index (χ0v) is 9.85. The van der Waals surface area contributed by atoms with Gasteiger partial charge in [-0.1, -0.05) is 0 Å². The van der Waals surface area contributed by atoms with Gasteiger partial charge < -0.3 is 10.2 Å². The van der Waals surface area contributed by atoms with Crippen molar-refractivity contribution in [2.75, 3.05) is 0 Å². The average Bonchev–Trinajstić information content (AvgIpc) is 2.87. The summed E-state index contributed by atoms with van der Waals surface area (Å²) >= 11 is 3.34. The number of halogens is 1. The molecule has 0 heterocycles. The molecule has 1 aromatic carbocycles. The number of rotatable bonds is 1. The summed E-state index contributed by atoms with van der Waals surface area (Å²) in [4.78, 5) is 0. The van der Waals surface area contributed by atoms with E-state index in [2.05, 4.69) is 15.9 Å². The minimum atomic E-state index is -0.773. The molecule has 0 spiro atoms. The van der Waals surface area contributed by atoms with Crippen molar-refractivity contribution in [2.45, 2.75) is 32.3 Å². The molecule has 14 heavy (non-hydrogen) atoms. The van der Waals surface area contributed by atoms with Gasteiger partial charge in [-0.25, -0.2) is 0 Å². The van der Waals surface area contributed by atoms with Crippen LogP contribution in [-0.4, -0.2) is 10.2 Å². The smallest absolute Gasteiger partial charge is 0.136 e. The van der Waals surface area contributed by atoms with E-state index in [1.165, 1.54) is 0 Å². The minimum Gasteiger partial charge on any atom is -0.506 e. The third-order valence-electron chi connectivity index (χ3n) is 2.97. The van der Waals surface area contributed by atoms with Crippen LogP contribution in [0.3, 0.4) is 0 Å². The quantitative estimate of drug-likeness (QED) is 0.812. The molecule has 1 aliphatic rings. The van der Waals surface area contributed by atoms with Crippen molar-refractivity contribution >= 4 is 15.9 Å². The molecule has 0 radical (unpaired) electrons. The van der Waals surface area contributed by atoms with Gasteiger partial charge in [0.1, 0.15) is 5.75 Å². The van der Waals surface area contributed by atoms with Gasteiger partial charge in [0.05, 0.1) is 10.1 Å². The number of aromatic hydroxyl groups is 1. The molecule has 0 bridgehead atoms. The number of phenolic OH excluding ortho intramolecular Hbond substituents is 1. The van der Waals surface area contributed by atoms with Crippen molar-refractivity contribution < 1.29 is 10.2 Å². The van der Waals surface area contributed by atoms with Crippen LogP contribution in [0.25, 0.3) is 0 Å². The van der Waals surface area contributed by atoms with Gasteiger partial charge in [0.25, 0.3) is 0 Å². The highest BCUT2D eigenvalue weighted by Crippen LogP contribution is 2.51. The van der Waals surface area contributed by atoms with Crippen LogP contribution >= 0.6 is 15.9 Å². The van der Waals surface area contributed by atoms with E-state index >= 15 is 0 Å². The van der Waals surface area contributed by atoms with Crippen molar-refractivity contribution in [3.05, 3.63) is 27.2 Å². The fourth-order valence-corrected chi connectivity index (χ4v) is 2.13. The van der Waals surface area contributed by atoms with Crippen LogP contribution < -0.4 is 0 Å². The van der Waals surface area contributed by atoms with E-state index in [4.69, 9.17) is 0 Å². The predicted molar refractivity (Wildman–Crippen MR) is 58.4 cm³/mol. The van der Waals surface area contributed by atoms with Crippen LogP contribution in [0, 0.1) is 13.8 Å². The highest BCUT2D eigenvalue weighted by Gasteiger charge is 2.44. The van der Waals surface area contributed by atoms with Crippen molar-refractivity contribution in [1.82, 2.24) is 0 Å². The molecule has 0 unspecified atom stereocenters. The van der Waals surface area contributed by atoms with E-state index in [9.17, 15) is 10.2 Å². The Bertz CT molecular complexity index is 395. The average molecular weight is 257 g/mol. The summed E-state index contributed by atoms with van der Waals surface area (Å²) in [6.45, 7) is 3.93. The zero-order chi connectivity index (χ0) is 10.5. The molecule has 76 valence electrons. The fraction of sp³-hybridized carbons (Fsp3) is 0.455. The van der Waals surface area contributed by atoms with Crippen molar-refractivity contribution in [1.29, 1.82) is 0 Å². The number of benzene rings is 1. The molecule has 0 saturated heterocycles. The lowest BCUT2D eigenvalue weighted by atomic mass is 10.00. The lowest BCUT2D eigenvalue weighted by molar-refractivity contribution is 0.147. The second kappa shape index (κ2) is 2.97. The summed E-state index contributed by atoms with van der Waals surface area (Å²) in [5, 5.41) is 19.8. The van der Waals surface area contributed by atoms with Crippen LogP contribution in [0.15, 0.2) is 10.5 Å². The first-order valence-corrected chi connectivity index (χ1v) is 5.46. The molecular formula is C11H13BrO2. The van der Waals surface area contributed by atoms with Crippen LogP contribution in [0.1, 0.15) is 29.5 Å². The lowest BCUT2D eigenvalue weighted by Crippen LogP contribution is -2.06. The van der Waals surface area contributed by atoms with Crippen molar-refractivity contribution in [3.8, 4) is 5.75 Å². The second-order valence-electron chi connectivity index (χ2n) is 4.06. The van der Waals surface area contributed by atoms with E-state index < -0.39 is 5.60 Å². The molecule has 1 saturated carbocycles. The summed E-state index contributed by atoms with van der Waals surface area (Å²) in [6.07, 6.45) is 1.49. The Balaban J connectivity index is 2.62. The van der Waals surface area contributed by atoms with Crippen LogP contribution in [0.5, 0.6) is 5.75 Å². The predicted octanol–water partition coefficient (Wildman–Crippen LogP) is 2.75. The first-order valence-electron chi connectivity index (χ1n) is 4.67. The zero-order valence-electron chi connectivity index (χ0n) is 8.26. The highest BCUT2D eigenvalue weighted by molar-refractivity contribution is 9.10. The Morgan fingerprint density at radius 2 is 1.93 bits per heavy atom. The van der Waals surface area contributed by atoms with Gasteiger partial charge in [-0.3, -0.25) is 0 Å². The molecule has 1 fully saturated rings. The van der Waals surface area contributed by atoms with Crippen molar-refractivity contribution in [3.63, 3.8) is 0 Å². The Hall–Kier alpha value is -0.540. The first kappa shape index (κ1) is 9.99. The number of hydrogen-bond acceptors (Lipinski definition) is 2. The summed E-state index contributed by atoms with van der Waals surface area (Å²) < 4.78 is 0.702. The van der Waals surface area contributed by atoms with Crippen LogP contribution in [0.2, 0.25) is 0 Å². The Labute approximate surface area is 91.7 Å². The van der Waals surface area contributed by atoms with E-state index in [0.29, 0.717) is 10.0 Å². The third kappa shape index (κ3) is 1.35. The Morgan fingerprint density at radius 3 is 2.43 bits per heavy atom. The normalized spacial score (nSPS) is 18.3. The standard InChI is InChI=1S/C11H13BrO2/c1-6-5-8(11(14)3-4-11)10(13)9(12)7(6)2/h5,13-14H,3-4H2,1-2H3. The SMILES string of the molecule is Cc1cc(C2(O)CC2)c(O)c(Br)c1C. The van der Waals surface area contributed by atoms with Gasteiger partial charge in [0.15, 0.2) is 0 Å². The number of phenols is 1. The highest BCUT2D eigenvalue weighted by atomic mass is 79.9. The largest absolute Gasteiger partial charge is 0.506 e. The van der Waals surface area contributed by atoms with Gasteiger partial charge in [0.2, 0.25) is 0 Å². The topological polar surface area (TPSA) is 40.5 Å². The molecule has 3 heteroatoms. The number of hydrogen-bond donors (Lipinski definition) is 2. The maximum absolute atomic E-state index is 9.94. The maximum atomic E-state index is 9.94.